The summed E-state index contributed by atoms with van der Waals surface area (Å²) in [5.74, 6) is 0. The van der Waals surface area contributed by atoms with Gasteiger partial charge < -0.3 is 10.6 Å². The molecule has 2 heterocycles. The number of nitrogens with one attached hydrogen (secondary N) is 3. The van der Waals surface area contributed by atoms with E-state index >= 15 is 0 Å². The SMILES string of the molecule is C1=CNCNC1.C1=NCCN1. The summed E-state index contributed by atoms with van der Waals surface area (Å²) in [5, 5.41) is 9.01. The highest BCUT2D eigenvalue weighted by Gasteiger charge is 1.82. The van der Waals surface area contributed by atoms with E-state index in [1.54, 1.807) is 6.34 Å². The van der Waals surface area contributed by atoms with Crippen LogP contribution in [0.5, 0.6) is 0 Å². The number of hydrogen-bond acceptors (Lipinski definition) is 4. The van der Waals surface area contributed by atoms with Gasteiger partial charge in [-0.15, -0.1) is 0 Å². The maximum atomic E-state index is 3.85. The minimum absolute atomic E-state index is 0.913. The number of aliphatic imine (C=N–C) groups is 1. The lowest BCUT2D eigenvalue weighted by molar-refractivity contribution is 0.669. The molecule has 62 valence electrons. The van der Waals surface area contributed by atoms with Crippen molar-refractivity contribution in [3.05, 3.63) is 12.3 Å². The van der Waals surface area contributed by atoms with Crippen molar-refractivity contribution < 1.29 is 0 Å². The van der Waals surface area contributed by atoms with Crippen LogP contribution in [0.25, 0.3) is 0 Å². The first-order valence-corrected chi connectivity index (χ1v) is 3.81. The van der Waals surface area contributed by atoms with Crippen LogP contribution in [0.15, 0.2) is 17.3 Å². The summed E-state index contributed by atoms with van der Waals surface area (Å²) < 4.78 is 0. The quantitative estimate of drug-likeness (QED) is 0.431. The van der Waals surface area contributed by atoms with E-state index in [0.29, 0.717) is 0 Å². The lowest BCUT2D eigenvalue weighted by Gasteiger charge is -2.05. The van der Waals surface area contributed by atoms with E-state index < -0.39 is 0 Å². The monoisotopic (exact) mass is 154 g/mol. The Morgan fingerprint density at radius 3 is 2.45 bits per heavy atom. The van der Waals surface area contributed by atoms with Gasteiger partial charge in [0.25, 0.3) is 0 Å². The van der Waals surface area contributed by atoms with Crippen molar-refractivity contribution in [1.82, 2.24) is 16.0 Å². The van der Waals surface area contributed by atoms with Gasteiger partial charge in [0.15, 0.2) is 0 Å². The molecule has 4 nitrogen and oxygen atoms in total. The predicted octanol–water partition coefficient (Wildman–Crippen LogP) is -0.732. The molecule has 2 rings (SSSR count). The molecule has 0 unspecified atom stereocenters. The van der Waals surface area contributed by atoms with Gasteiger partial charge in [0, 0.05) is 13.1 Å². The van der Waals surface area contributed by atoms with Gasteiger partial charge >= 0.3 is 0 Å². The Bertz CT molecular complexity index is 127. The van der Waals surface area contributed by atoms with E-state index in [-0.39, 0.29) is 0 Å². The molecule has 0 spiro atoms. The van der Waals surface area contributed by atoms with Crippen LogP contribution in [-0.4, -0.2) is 32.6 Å². The molecular formula is C7H14N4. The fourth-order valence-electron chi connectivity index (χ4n) is 0.752. The van der Waals surface area contributed by atoms with Crippen LogP contribution >= 0.6 is 0 Å². The molecule has 0 fully saturated rings. The zero-order valence-electron chi connectivity index (χ0n) is 6.51. The molecule has 0 atom stereocenters. The van der Waals surface area contributed by atoms with E-state index in [1.807, 2.05) is 12.3 Å². The average molecular weight is 154 g/mol. The largest absolute Gasteiger partial charge is 0.379 e. The summed E-state index contributed by atoms with van der Waals surface area (Å²) in [6.45, 7) is 3.91. The van der Waals surface area contributed by atoms with Gasteiger partial charge in [0.1, 0.15) is 0 Å². The summed E-state index contributed by atoms with van der Waals surface area (Å²) in [6.07, 6.45) is 5.74. The number of nitrogens with zero attached hydrogens (tertiary/aromatic N) is 1. The number of hydrogen-bond donors (Lipinski definition) is 3. The summed E-state index contributed by atoms with van der Waals surface area (Å²) >= 11 is 0. The van der Waals surface area contributed by atoms with Crippen LogP contribution in [0.1, 0.15) is 0 Å². The molecular weight excluding hydrogens is 140 g/mol. The van der Waals surface area contributed by atoms with Crippen LogP contribution in [0.3, 0.4) is 0 Å². The molecule has 0 radical (unpaired) electrons. The standard InChI is InChI=1S/C4H8N2.C3H6N2/c1-2-5-4-6-3-1;1-2-5-3-4-1/h1-2,5-6H,3-4H2;3H,1-2H2,(H,4,5). The Morgan fingerprint density at radius 2 is 2.27 bits per heavy atom. The maximum absolute atomic E-state index is 3.85. The second-order valence-corrected chi connectivity index (χ2v) is 2.23. The highest BCUT2D eigenvalue weighted by molar-refractivity contribution is 5.56. The van der Waals surface area contributed by atoms with E-state index in [2.05, 4.69) is 20.9 Å². The summed E-state index contributed by atoms with van der Waals surface area (Å²) in [6, 6.07) is 0. The van der Waals surface area contributed by atoms with Crippen molar-refractivity contribution >= 4 is 6.34 Å². The Balaban J connectivity index is 0.000000112. The first-order valence-electron chi connectivity index (χ1n) is 3.81. The third-order valence-electron chi connectivity index (χ3n) is 1.29. The van der Waals surface area contributed by atoms with Gasteiger partial charge in [0.05, 0.1) is 19.6 Å². The second kappa shape index (κ2) is 5.73. The first kappa shape index (κ1) is 8.07. The van der Waals surface area contributed by atoms with Gasteiger partial charge in [-0.3, -0.25) is 10.3 Å². The van der Waals surface area contributed by atoms with Crippen molar-refractivity contribution in [3.63, 3.8) is 0 Å². The van der Waals surface area contributed by atoms with E-state index in [0.717, 1.165) is 26.3 Å². The average Bonchev–Trinajstić information content (AvgIpc) is 2.64. The molecule has 11 heavy (non-hydrogen) atoms. The highest BCUT2D eigenvalue weighted by Crippen LogP contribution is 1.69. The van der Waals surface area contributed by atoms with Gasteiger partial charge in [-0.25, -0.2) is 0 Å². The Labute approximate surface area is 66.8 Å². The van der Waals surface area contributed by atoms with Gasteiger partial charge in [-0.2, -0.15) is 0 Å². The molecule has 0 aromatic heterocycles. The summed E-state index contributed by atoms with van der Waals surface area (Å²) in [4.78, 5) is 3.85. The van der Waals surface area contributed by atoms with Gasteiger partial charge in [0.2, 0.25) is 0 Å². The smallest absolute Gasteiger partial charge is 0.0825 e. The minimum atomic E-state index is 0.913. The van der Waals surface area contributed by atoms with Crippen molar-refractivity contribution in [1.29, 1.82) is 0 Å². The van der Waals surface area contributed by atoms with E-state index in [9.17, 15) is 0 Å². The van der Waals surface area contributed by atoms with E-state index in [4.69, 9.17) is 0 Å². The topological polar surface area (TPSA) is 48.5 Å². The molecule has 0 aliphatic carbocycles. The number of rotatable bonds is 0. The van der Waals surface area contributed by atoms with Crippen LogP contribution in [0.4, 0.5) is 0 Å². The van der Waals surface area contributed by atoms with Gasteiger partial charge in [-0.1, -0.05) is 6.08 Å². The van der Waals surface area contributed by atoms with Crippen LogP contribution in [0, 0.1) is 0 Å². The molecule has 0 bridgehead atoms. The molecule has 4 heteroatoms. The third-order valence-corrected chi connectivity index (χ3v) is 1.29. The fourth-order valence-corrected chi connectivity index (χ4v) is 0.752. The molecule has 3 N–H and O–H groups in total. The highest BCUT2D eigenvalue weighted by atomic mass is 15.1. The zero-order valence-corrected chi connectivity index (χ0v) is 6.51. The predicted molar refractivity (Wildman–Crippen MR) is 46.5 cm³/mol. The lowest BCUT2D eigenvalue weighted by Crippen LogP contribution is -2.29. The molecule has 0 saturated carbocycles. The summed E-state index contributed by atoms with van der Waals surface area (Å²) in [5.41, 5.74) is 0. The van der Waals surface area contributed by atoms with Crippen molar-refractivity contribution in [2.75, 3.05) is 26.3 Å². The molecule has 0 aromatic rings. The second-order valence-electron chi connectivity index (χ2n) is 2.23. The molecule has 0 aromatic carbocycles. The first-order chi connectivity index (χ1) is 5.50. The Morgan fingerprint density at radius 1 is 1.27 bits per heavy atom. The van der Waals surface area contributed by atoms with Crippen LogP contribution in [0.2, 0.25) is 0 Å². The Kier molecular flexibility index (Phi) is 4.21. The van der Waals surface area contributed by atoms with Crippen molar-refractivity contribution in [2.45, 2.75) is 0 Å². The normalized spacial score (nSPS) is 19.6. The zero-order chi connectivity index (χ0) is 7.78. The summed E-state index contributed by atoms with van der Waals surface area (Å²) in [7, 11) is 0. The van der Waals surface area contributed by atoms with Gasteiger partial charge in [-0.05, 0) is 6.20 Å². The third kappa shape index (κ3) is 4.38. The lowest BCUT2D eigenvalue weighted by atomic mass is 10.5. The molecule has 2 aliphatic heterocycles. The molecule has 2 aliphatic rings. The fraction of sp³-hybridized carbons (Fsp3) is 0.571. The Hall–Kier alpha value is -1.03. The van der Waals surface area contributed by atoms with Crippen LogP contribution in [-0.2, 0) is 0 Å². The minimum Gasteiger partial charge on any atom is -0.379 e. The molecule has 0 saturated heterocycles. The van der Waals surface area contributed by atoms with Crippen molar-refractivity contribution in [2.24, 2.45) is 4.99 Å². The van der Waals surface area contributed by atoms with E-state index in [1.165, 1.54) is 0 Å². The van der Waals surface area contributed by atoms with Crippen LogP contribution < -0.4 is 16.0 Å². The molecule has 0 amide bonds. The maximum Gasteiger partial charge on any atom is 0.0825 e. The van der Waals surface area contributed by atoms with Crippen molar-refractivity contribution in [3.8, 4) is 0 Å².